The monoisotopic (exact) mass is 191 g/mol. The zero-order valence-corrected chi connectivity index (χ0v) is 7.66. The largest absolute Gasteiger partial charge is 0.480 e. The number of aromatic nitrogens is 2. The van der Waals surface area contributed by atoms with Gasteiger partial charge in [0.2, 0.25) is 5.88 Å². The van der Waals surface area contributed by atoms with E-state index < -0.39 is 0 Å². The van der Waals surface area contributed by atoms with Gasteiger partial charge >= 0.3 is 0 Å². The van der Waals surface area contributed by atoms with Gasteiger partial charge < -0.3 is 4.74 Å². The van der Waals surface area contributed by atoms with Crippen LogP contribution in [0.5, 0.6) is 5.88 Å². The van der Waals surface area contributed by atoms with Gasteiger partial charge in [0.1, 0.15) is 0 Å². The molecule has 0 aromatic carbocycles. The van der Waals surface area contributed by atoms with E-state index in [2.05, 4.69) is 20.2 Å². The average molecular weight is 191 g/mol. The molecule has 1 aromatic rings. The Morgan fingerprint density at radius 2 is 2.43 bits per heavy atom. The first kappa shape index (κ1) is 10.0. The summed E-state index contributed by atoms with van der Waals surface area (Å²) >= 11 is 0. The van der Waals surface area contributed by atoms with Crippen LogP contribution in [0.1, 0.15) is 5.69 Å². The van der Waals surface area contributed by atoms with Gasteiger partial charge in [-0.25, -0.2) is 0 Å². The molecule has 0 saturated carbocycles. The highest BCUT2D eigenvalue weighted by atomic mass is 16.5. The van der Waals surface area contributed by atoms with Crippen LogP contribution in [0.15, 0.2) is 23.3 Å². The molecule has 72 valence electrons. The van der Waals surface area contributed by atoms with E-state index in [1.807, 2.05) is 0 Å². The fraction of sp³-hybridized carbons (Fsp3) is 0.250. The molecule has 1 aromatic heterocycles. The van der Waals surface area contributed by atoms with Crippen molar-refractivity contribution in [3.8, 4) is 5.88 Å². The number of rotatable bonds is 4. The van der Waals surface area contributed by atoms with Gasteiger partial charge in [-0.3, -0.25) is 0 Å². The van der Waals surface area contributed by atoms with Crippen LogP contribution in [0.2, 0.25) is 0 Å². The van der Waals surface area contributed by atoms with Gasteiger partial charge in [-0.15, -0.1) is 10.2 Å². The molecule has 0 aliphatic carbocycles. The first-order valence-corrected chi connectivity index (χ1v) is 3.92. The molecule has 0 N–H and O–H groups in total. The van der Waals surface area contributed by atoms with Crippen LogP contribution in [0.3, 0.4) is 0 Å². The quantitative estimate of drug-likeness (QED) is 0.413. The molecule has 0 unspecified atom stereocenters. The maximum absolute atomic E-state index is 8.01. The van der Waals surface area contributed by atoms with Crippen molar-refractivity contribution >= 4 is 6.08 Å². The van der Waals surface area contributed by atoms with Gasteiger partial charge in [0.05, 0.1) is 12.8 Å². The lowest BCUT2D eigenvalue weighted by molar-refractivity contribution is 0.392. The van der Waals surface area contributed by atoms with Crippen molar-refractivity contribution in [1.29, 1.82) is 0 Å². The van der Waals surface area contributed by atoms with Crippen molar-refractivity contribution in [1.82, 2.24) is 10.2 Å². The molecule has 0 fully saturated rings. The zero-order chi connectivity index (χ0) is 10.2. The first-order chi connectivity index (χ1) is 6.86. The van der Waals surface area contributed by atoms with E-state index in [0.29, 0.717) is 18.1 Å². The molecular weight excluding hydrogens is 182 g/mol. The Morgan fingerprint density at radius 1 is 1.57 bits per heavy atom. The van der Waals surface area contributed by atoms with Gasteiger partial charge in [-0.05, 0) is 17.7 Å². The topological polar surface area (TPSA) is 83.8 Å². The van der Waals surface area contributed by atoms with Crippen LogP contribution in [0.25, 0.3) is 16.5 Å². The summed E-state index contributed by atoms with van der Waals surface area (Å²) in [5, 5.41) is 11.0. The summed E-state index contributed by atoms with van der Waals surface area (Å²) in [6, 6.07) is 3.47. The van der Waals surface area contributed by atoms with Crippen LogP contribution in [-0.2, 0) is 0 Å². The second-order valence-electron chi connectivity index (χ2n) is 2.32. The molecule has 6 heteroatoms. The second-order valence-corrected chi connectivity index (χ2v) is 2.32. The van der Waals surface area contributed by atoms with Gasteiger partial charge in [-0.2, -0.15) is 0 Å². The fourth-order valence-corrected chi connectivity index (χ4v) is 0.785. The normalized spacial score (nSPS) is 9.79. The minimum atomic E-state index is 0.310. The SMILES string of the molecule is COc1ccc(C=CCN=[N+]=[N-])nn1. The number of hydrogen-bond donors (Lipinski definition) is 0. The Morgan fingerprint density at radius 3 is 3.00 bits per heavy atom. The van der Waals surface area contributed by atoms with Crippen molar-refractivity contribution in [3.05, 3.63) is 34.3 Å². The van der Waals surface area contributed by atoms with E-state index in [4.69, 9.17) is 10.3 Å². The van der Waals surface area contributed by atoms with Gasteiger partial charge in [0.25, 0.3) is 0 Å². The lowest BCUT2D eigenvalue weighted by atomic mass is 10.3. The number of ether oxygens (including phenoxy) is 1. The summed E-state index contributed by atoms with van der Waals surface area (Å²) in [4.78, 5) is 2.61. The van der Waals surface area contributed by atoms with E-state index in [-0.39, 0.29) is 0 Å². The molecule has 1 heterocycles. The Labute approximate surface area is 80.9 Å². The molecule has 14 heavy (non-hydrogen) atoms. The summed E-state index contributed by atoms with van der Waals surface area (Å²) in [6.07, 6.45) is 3.43. The highest BCUT2D eigenvalue weighted by molar-refractivity contribution is 5.44. The molecule has 0 radical (unpaired) electrons. The van der Waals surface area contributed by atoms with E-state index >= 15 is 0 Å². The average Bonchev–Trinajstić information content (AvgIpc) is 2.25. The van der Waals surface area contributed by atoms with E-state index in [0.717, 1.165) is 0 Å². The molecule has 0 saturated heterocycles. The molecule has 0 spiro atoms. The molecule has 1 rings (SSSR count). The van der Waals surface area contributed by atoms with Gasteiger partial charge in [0.15, 0.2) is 0 Å². The second kappa shape index (κ2) is 5.55. The Balaban J connectivity index is 2.59. The summed E-state index contributed by atoms with van der Waals surface area (Å²) in [5.74, 6) is 0.470. The Hall–Kier alpha value is -2.07. The third-order valence-corrected chi connectivity index (χ3v) is 1.41. The standard InChI is InChI=1S/C8H9N5O/c1-14-8-5-4-7(11-12-8)3-2-6-10-13-9/h2-5H,6H2,1H3. The maximum Gasteiger partial charge on any atom is 0.233 e. The molecule has 0 bridgehead atoms. The highest BCUT2D eigenvalue weighted by Crippen LogP contribution is 2.04. The minimum Gasteiger partial charge on any atom is -0.480 e. The van der Waals surface area contributed by atoms with Crippen LogP contribution < -0.4 is 4.74 Å². The zero-order valence-electron chi connectivity index (χ0n) is 7.66. The maximum atomic E-state index is 8.01. The lowest BCUT2D eigenvalue weighted by Gasteiger charge is -1.95. The number of hydrogen-bond acceptors (Lipinski definition) is 4. The van der Waals surface area contributed by atoms with Crippen molar-refractivity contribution in [3.63, 3.8) is 0 Å². The Kier molecular flexibility index (Phi) is 3.97. The molecule has 0 aliphatic rings. The summed E-state index contributed by atoms with van der Waals surface area (Å²) in [6.45, 7) is 0.310. The predicted molar refractivity (Wildman–Crippen MR) is 51.6 cm³/mol. The summed E-state index contributed by atoms with van der Waals surface area (Å²) in [5.41, 5.74) is 8.71. The van der Waals surface area contributed by atoms with Crippen molar-refractivity contribution in [2.24, 2.45) is 5.11 Å². The van der Waals surface area contributed by atoms with Crippen LogP contribution in [-0.4, -0.2) is 23.9 Å². The van der Waals surface area contributed by atoms with Crippen LogP contribution in [0, 0.1) is 0 Å². The third-order valence-electron chi connectivity index (χ3n) is 1.41. The minimum absolute atomic E-state index is 0.310. The van der Waals surface area contributed by atoms with E-state index in [1.54, 1.807) is 24.3 Å². The molecular formula is C8H9N5O. The molecule has 6 nitrogen and oxygen atoms in total. The molecule has 0 amide bonds. The van der Waals surface area contributed by atoms with Gasteiger partial charge in [0, 0.05) is 17.5 Å². The van der Waals surface area contributed by atoms with Crippen molar-refractivity contribution in [2.75, 3.05) is 13.7 Å². The molecule has 0 atom stereocenters. The fourth-order valence-electron chi connectivity index (χ4n) is 0.785. The predicted octanol–water partition coefficient (Wildman–Crippen LogP) is 1.81. The van der Waals surface area contributed by atoms with E-state index in [9.17, 15) is 0 Å². The highest BCUT2D eigenvalue weighted by Gasteiger charge is 1.92. The smallest absolute Gasteiger partial charge is 0.233 e. The van der Waals surface area contributed by atoms with Crippen LogP contribution in [0.4, 0.5) is 0 Å². The van der Waals surface area contributed by atoms with Crippen molar-refractivity contribution in [2.45, 2.75) is 0 Å². The summed E-state index contributed by atoms with van der Waals surface area (Å²) in [7, 11) is 1.53. The third kappa shape index (κ3) is 3.12. The summed E-state index contributed by atoms with van der Waals surface area (Å²) < 4.78 is 4.85. The molecule has 0 aliphatic heterocycles. The van der Waals surface area contributed by atoms with Gasteiger partial charge in [-0.1, -0.05) is 11.2 Å². The van der Waals surface area contributed by atoms with E-state index in [1.165, 1.54) is 7.11 Å². The number of nitrogens with zero attached hydrogens (tertiary/aromatic N) is 5. The van der Waals surface area contributed by atoms with Crippen LogP contribution >= 0.6 is 0 Å². The first-order valence-electron chi connectivity index (χ1n) is 3.92. The Bertz CT molecular complexity index is 352. The number of azide groups is 1. The van der Waals surface area contributed by atoms with Crippen molar-refractivity contribution < 1.29 is 4.74 Å². The number of methoxy groups -OCH3 is 1. The lowest BCUT2D eigenvalue weighted by Crippen LogP contribution is -1.91.